The fraction of sp³-hybridized carbons (Fsp3) is 0.357. The molecule has 0 aliphatic carbocycles. The summed E-state index contributed by atoms with van der Waals surface area (Å²) in [5.74, 6) is 0. The zero-order valence-corrected chi connectivity index (χ0v) is 10.3. The molecule has 90 valence electrons. The normalized spacial score (nSPS) is 12.6. The zero-order valence-electron chi connectivity index (χ0n) is 10.3. The molecule has 0 N–H and O–H groups in total. The third kappa shape index (κ3) is 2.94. The van der Waals surface area contributed by atoms with E-state index < -0.39 is 0 Å². The van der Waals surface area contributed by atoms with Crippen molar-refractivity contribution in [1.82, 2.24) is 9.55 Å². The summed E-state index contributed by atoms with van der Waals surface area (Å²) in [4.78, 5) is 4.22. The Labute approximate surface area is 102 Å². The van der Waals surface area contributed by atoms with Crippen LogP contribution in [-0.4, -0.2) is 22.3 Å². The molecule has 0 aliphatic heterocycles. The van der Waals surface area contributed by atoms with Crippen molar-refractivity contribution in [3.63, 3.8) is 0 Å². The Morgan fingerprint density at radius 3 is 2.76 bits per heavy atom. The molecule has 1 aromatic carbocycles. The first-order valence-corrected chi connectivity index (χ1v) is 5.98. The molecule has 0 fully saturated rings. The summed E-state index contributed by atoms with van der Waals surface area (Å²) in [5, 5.41) is 0. The second-order valence-electron chi connectivity index (χ2n) is 4.06. The maximum absolute atomic E-state index is 5.56. The first kappa shape index (κ1) is 11.9. The van der Waals surface area contributed by atoms with Crippen molar-refractivity contribution in [2.45, 2.75) is 26.5 Å². The average Bonchev–Trinajstić information content (AvgIpc) is 2.78. The molecule has 3 heteroatoms. The maximum atomic E-state index is 5.56. The Balaban J connectivity index is 2.18. The minimum atomic E-state index is 0.205. The highest BCUT2D eigenvalue weighted by Crippen LogP contribution is 2.18. The van der Waals surface area contributed by atoms with E-state index in [2.05, 4.69) is 28.6 Å². The van der Waals surface area contributed by atoms with Gasteiger partial charge in [-0.3, -0.25) is 0 Å². The number of hydrogen-bond donors (Lipinski definition) is 0. The molecule has 0 aliphatic rings. The Morgan fingerprint density at radius 1 is 1.29 bits per heavy atom. The van der Waals surface area contributed by atoms with Crippen molar-refractivity contribution in [1.29, 1.82) is 0 Å². The van der Waals surface area contributed by atoms with Crippen molar-refractivity contribution < 1.29 is 4.74 Å². The van der Waals surface area contributed by atoms with Crippen molar-refractivity contribution in [3.05, 3.63) is 42.9 Å². The topological polar surface area (TPSA) is 27.1 Å². The summed E-state index contributed by atoms with van der Waals surface area (Å²) in [6.07, 6.45) is 3.96. The van der Waals surface area contributed by atoms with Gasteiger partial charge in [0.1, 0.15) is 0 Å². The van der Waals surface area contributed by atoms with Gasteiger partial charge in [-0.1, -0.05) is 30.3 Å². The van der Waals surface area contributed by atoms with Gasteiger partial charge in [0.25, 0.3) is 0 Å². The second kappa shape index (κ2) is 5.64. The highest BCUT2D eigenvalue weighted by Gasteiger charge is 2.08. The molecule has 0 saturated heterocycles. The van der Waals surface area contributed by atoms with E-state index >= 15 is 0 Å². The molecule has 3 nitrogen and oxygen atoms in total. The average molecular weight is 230 g/mol. The summed E-state index contributed by atoms with van der Waals surface area (Å²) in [6.45, 7) is 5.68. The van der Waals surface area contributed by atoms with Crippen LogP contribution >= 0.6 is 0 Å². The summed E-state index contributed by atoms with van der Waals surface area (Å²) in [5.41, 5.74) is 2.32. The van der Waals surface area contributed by atoms with E-state index in [1.54, 1.807) is 0 Å². The quantitative estimate of drug-likeness (QED) is 0.789. The van der Waals surface area contributed by atoms with E-state index in [1.807, 2.05) is 37.6 Å². The van der Waals surface area contributed by atoms with Gasteiger partial charge >= 0.3 is 0 Å². The van der Waals surface area contributed by atoms with E-state index in [0.29, 0.717) is 0 Å². The van der Waals surface area contributed by atoms with Gasteiger partial charge in [-0.2, -0.15) is 0 Å². The van der Waals surface area contributed by atoms with Crippen molar-refractivity contribution in [3.8, 4) is 11.3 Å². The van der Waals surface area contributed by atoms with E-state index in [0.717, 1.165) is 18.8 Å². The maximum Gasteiger partial charge on any atom is 0.0951 e. The smallest absolute Gasteiger partial charge is 0.0951 e. The summed E-state index contributed by atoms with van der Waals surface area (Å²) in [6, 6.07) is 10.3. The molecule has 0 radical (unpaired) electrons. The van der Waals surface area contributed by atoms with Crippen molar-refractivity contribution in [2.24, 2.45) is 0 Å². The van der Waals surface area contributed by atoms with Crippen molar-refractivity contribution >= 4 is 0 Å². The molecule has 1 aromatic heterocycles. The number of nitrogens with zero attached hydrogens (tertiary/aromatic N) is 2. The van der Waals surface area contributed by atoms with Gasteiger partial charge < -0.3 is 9.30 Å². The zero-order chi connectivity index (χ0) is 12.1. The Kier molecular flexibility index (Phi) is 3.94. The van der Waals surface area contributed by atoms with Gasteiger partial charge in [0.15, 0.2) is 0 Å². The van der Waals surface area contributed by atoms with Gasteiger partial charge in [0.05, 0.1) is 30.9 Å². The second-order valence-corrected chi connectivity index (χ2v) is 4.06. The number of aromatic nitrogens is 2. The summed E-state index contributed by atoms with van der Waals surface area (Å²) in [7, 11) is 0. The van der Waals surface area contributed by atoms with Crippen LogP contribution in [0.2, 0.25) is 0 Å². The third-order valence-corrected chi connectivity index (χ3v) is 2.69. The predicted molar refractivity (Wildman–Crippen MR) is 68.8 cm³/mol. The molecule has 1 unspecified atom stereocenters. The van der Waals surface area contributed by atoms with Crippen LogP contribution in [0.1, 0.15) is 13.8 Å². The highest BCUT2D eigenvalue weighted by molar-refractivity contribution is 5.58. The predicted octanol–water partition coefficient (Wildman–Crippen LogP) is 2.98. The fourth-order valence-corrected chi connectivity index (χ4v) is 1.93. The van der Waals surface area contributed by atoms with E-state index in [1.165, 1.54) is 5.56 Å². The Bertz CT molecular complexity index is 450. The van der Waals surface area contributed by atoms with Crippen LogP contribution in [0.15, 0.2) is 42.9 Å². The minimum Gasteiger partial charge on any atom is -0.377 e. The molecular formula is C14H18N2O. The minimum absolute atomic E-state index is 0.205. The summed E-state index contributed by atoms with van der Waals surface area (Å²) < 4.78 is 7.69. The number of ether oxygens (including phenoxy) is 1. The lowest BCUT2D eigenvalue weighted by molar-refractivity contribution is 0.0643. The molecular weight excluding hydrogens is 212 g/mol. The van der Waals surface area contributed by atoms with Crippen LogP contribution < -0.4 is 0 Å². The first-order chi connectivity index (χ1) is 8.31. The molecule has 0 bridgehead atoms. The SMILES string of the molecule is CCOC(C)Cn1cncc1-c1ccccc1. The number of hydrogen-bond acceptors (Lipinski definition) is 2. The molecule has 1 heterocycles. The van der Waals surface area contributed by atoms with Crippen LogP contribution in [-0.2, 0) is 11.3 Å². The monoisotopic (exact) mass is 230 g/mol. The third-order valence-electron chi connectivity index (χ3n) is 2.69. The van der Waals surface area contributed by atoms with Gasteiger partial charge in [0.2, 0.25) is 0 Å². The van der Waals surface area contributed by atoms with Gasteiger partial charge in [-0.25, -0.2) is 4.98 Å². The Hall–Kier alpha value is -1.61. The molecule has 2 rings (SSSR count). The number of rotatable bonds is 5. The molecule has 1 atom stereocenters. The largest absolute Gasteiger partial charge is 0.377 e. The van der Waals surface area contributed by atoms with Crippen LogP contribution in [0.5, 0.6) is 0 Å². The lowest BCUT2D eigenvalue weighted by atomic mass is 10.1. The van der Waals surface area contributed by atoms with Crippen LogP contribution in [0, 0.1) is 0 Å². The van der Waals surface area contributed by atoms with E-state index in [-0.39, 0.29) is 6.10 Å². The molecule has 0 spiro atoms. The first-order valence-electron chi connectivity index (χ1n) is 5.98. The summed E-state index contributed by atoms with van der Waals surface area (Å²) >= 11 is 0. The molecule has 0 saturated carbocycles. The highest BCUT2D eigenvalue weighted by atomic mass is 16.5. The van der Waals surface area contributed by atoms with Gasteiger partial charge in [0, 0.05) is 6.61 Å². The van der Waals surface area contributed by atoms with Crippen LogP contribution in [0.25, 0.3) is 11.3 Å². The van der Waals surface area contributed by atoms with Crippen LogP contribution in [0.3, 0.4) is 0 Å². The lowest BCUT2D eigenvalue weighted by Gasteiger charge is -2.14. The molecule has 2 aromatic rings. The van der Waals surface area contributed by atoms with E-state index in [4.69, 9.17) is 4.74 Å². The Morgan fingerprint density at radius 2 is 2.06 bits per heavy atom. The lowest BCUT2D eigenvalue weighted by Crippen LogP contribution is -2.16. The molecule has 0 amide bonds. The van der Waals surface area contributed by atoms with Gasteiger partial charge in [-0.15, -0.1) is 0 Å². The number of benzene rings is 1. The van der Waals surface area contributed by atoms with Crippen LogP contribution in [0.4, 0.5) is 0 Å². The fourth-order valence-electron chi connectivity index (χ4n) is 1.93. The van der Waals surface area contributed by atoms with E-state index in [9.17, 15) is 0 Å². The number of imidazole rings is 1. The van der Waals surface area contributed by atoms with Crippen molar-refractivity contribution in [2.75, 3.05) is 6.61 Å². The van der Waals surface area contributed by atoms with Gasteiger partial charge in [-0.05, 0) is 19.4 Å². The standard InChI is InChI=1S/C14H18N2O/c1-3-17-12(2)10-16-11-15-9-14(16)13-7-5-4-6-8-13/h4-9,11-12H,3,10H2,1-2H3. The molecule has 17 heavy (non-hydrogen) atoms.